The standard InChI is InChI=1S/C24H30N4O3/c1-30-13-9-22-25-15-21(16-26-22)17-27-12-14-31-24(19-27)10-5-6-11-28(23(24)29)18-20-7-3-2-4-8-20/h2-8,15-16H,9-14,17-19H2,1H3/t24-/m0/s1. The van der Waals surface area contributed by atoms with E-state index in [0.717, 1.165) is 23.5 Å². The number of hydrogen-bond donors (Lipinski definition) is 0. The zero-order valence-corrected chi connectivity index (χ0v) is 18.1. The smallest absolute Gasteiger partial charge is 0.257 e. The van der Waals surface area contributed by atoms with E-state index in [4.69, 9.17) is 9.47 Å². The number of methoxy groups -OCH3 is 1. The molecule has 1 saturated heterocycles. The molecule has 0 N–H and O–H groups in total. The van der Waals surface area contributed by atoms with Crippen molar-refractivity contribution in [1.82, 2.24) is 19.8 Å². The van der Waals surface area contributed by atoms with Crippen molar-refractivity contribution in [2.75, 3.05) is 40.0 Å². The summed E-state index contributed by atoms with van der Waals surface area (Å²) in [5.41, 5.74) is 1.33. The highest BCUT2D eigenvalue weighted by atomic mass is 16.5. The monoisotopic (exact) mass is 422 g/mol. The molecule has 1 aromatic heterocycles. The van der Waals surface area contributed by atoms with Crippen molar-refractivity contribution in [3.8, 4) is 0 Å². The molecule has 1 atom stereocenters. The summed E-state index contributed by atoms with van der Waals surface area (Å²) in [7, 11) is 1.67. The van der Waals surface area contributed by atoms with Crippen molar-refractivity contribution in [2.45, 2.75) is 31.5 Å². The number of ether oxygens (including phenoxy) is 2. The average molecular weight is 423 g/mol. The van der Waals surface area contributed by atoms with Gasteiger partial charge < -0.3 is 14.4 Å². The van der Waals surface area contributed by atoms with Gasteiger partial charge in [-0.1, -0.05) is 42.5 Å². The van der Waals surface area contributed by atoms with Gasteiger partial charge in [-0.2, -0.15) is 0 Å². The highest BCUT2D eigenvalue weighted by molar-refractivity contribution is 5.86. The summed E-state index contributed by atoms with van der Waals surface area (Å²) in [5, 5.41) is 0. The van der Waals surface area contributed by atoms with Crippen LogP contribution in [-0.4, -0.2) is 71.2 Å². The van der Waals surface area contributed by atoms with Gasteiger partial charge in [0.2, 0.25) is 0 Å². The first-order valence-corrected chi connectivity index (χ1v) is 10.8. The van der Waals surface area contributed by atoms with Gasteiger partial charge >= 0.3 is 0 Å². The number of benzene rings is 1. The molecule has 4 rings (SSSR count). The predicted molar refractivity (Wildman–Crippen MR) is 117 cm³/mol. The first-order valence-electron chi connectivity index (χ1n) is 10.8. The van der Waals surface area contributed by atoms with Crippen molar-refractivity contribution < 1.29 is 14.3 Å². The molecule has 164 valence electrons. The normalized spacial score (nSPS) is 22.1. The molecule has 0 bridgehead atoms. The van der Waals surface area contributed by atoms with Crippen LogP contribution in [0.4, 0.5) is 0 Å². The summed E-state index contributed by atoms with van der Waals surface area (Å²) in [5.74, 6) is 0.849. The van der Waals surface area contributed by atoms with Crippen molar-refractivity contribution in [1.29, 1.82) is 0 Å². The molecule has 2 aliphatic rings. The van der Waals surface area contributed by atoms with Crippen molar-refractivity contribution in [2.24, 2.45) is 0 Å². The Morgan fingerprint density at radius 3 is 2.68 bits per heavy atom. The number of nitrogens with zero attached hydrogens (tertiary/aromatic N) is 4. The summed E-state index contributed by atoms with van der Waals surface area (Å²) in [4.78, 5) is 26.6. The van der Waals surface area contributed by atoms with Crippen LogP contribution in [0, 0.1) is 0 Å². The van der Waals surface area contributed by atoms with E-state index < -0.39 is 5.60 Å². The van der Waals surface area contributed by atoms with E-state index in [1.807, 2.05) is 35.5 Å². The Morgan fingerprint density at radius 2 is 1.90 bits per heavy atom. The average Bonchev–Trinajstić information content (AvgIpc) is 2.94. The Kier molecular flexibility index (Phi) is 7.06. The van der Waals surface area contributed by atoms with E-state index in [9.17, 15) is 4.79 Å². The van der Waals surface area contributed by atoms with Gasteiger partial charge in [0.05, 0.1) is 13.2 Å². The van der Waals surface area contributed by atoms with Crippen LogP contribution in [0.5, 0.6) is 0 Å². The maximum atomic E-state index is 13.6. The minimum Gasteiger partial charge on any atom is -0.384 e. The lowest BCUT2D eigenvalue weighted by atomic mass is 9.95. The van der Waals surface area contributed by atoms with Gasteiger partial charge in [0, 0.05) is 70.6 Å². The Hall–Kier alpha value is -2.61. The lowest BCUT2D eigenvalue weighted by Gasteiger charge is -2.42. The van der Waals surface area contributed by atoms with Gasteiger partial charge in [-0.15, -0.1) is 0 Å². The third kappa shape index (κ3) is 5.36. The number of aromatic nitrogens is 2. The van der Waals surface area contributed by atoms with Crippen molar-refractivity contribution in [3.63, 3.8) is 0 Å². The van der Waals surface area contributed by atoms with Crippen LogP contribution in [0.25, 0.3) is 0 Å². The molecule has 1 aromatic carbocycles. The minimum atomic E-state index is -0.834. The van der Waals surface area contributed by atoms with Crippen LogP contribution in [-0.2, 0) is 33.8 Å². The molecule has 1 fully saturated rings. The molecule has 31 heavy (non-hydrogen) atoms. The van der Waals surface area contributed by atoms with Gasteiger partial charge in [-0.25, -0.2) is 9.97 Å². The van der Waals surface area contributed by atoms with Gasteiger partial charge in [0.1, 0.15) is 5.82 Å². The second-order valence-corrected chi connectivity index (χ2v) is 8.15. The largest absolute Gasteiger partial charge is 0.384 e. The van der Waals surface area contributed by atoms with Crippen LogP contribution >= 0.6 is 0 Å². The van der Waals surface area contributed by atoms with Gasteiger partial charge in [0.15, 0.2) is 5.60 Å². The second-order valence-electron chi connectivity index (χ2n) is 8.15. The fourth-order valence-electron chi connectivity index (χ4n) is 4.16. The van der Waals surface area contributed by atoms with E-state index in [-0.39, 0.29) is 5.91 Å². The van der Waals surface area contributed by atoms with E-state index in [0.29, 0.717) is 52.2 Å². The predicted octanol–water partition coefficient (Wildman–Crippen LogP) is 2.23. The maximum Gasteiger partial charge on any atom is 0.257 e. The molecule has 0 saturated carbocycles. The van der Waals surface area contributed by atoms with E-state index >= 15 is 0 Å². The highest BCUT2D eigenvalue weighted by Crippen LogP contribution is 2.29. The molecule has 3 heterocycles. The highest BCUT2D eigenvalue weighted by Gasteiger charge is 2.45. The molecular weight excluding hydrogens is 392 g/mol. The van der Waals surface area contributed by atoms with Crippen LogP contribution in [0.15, 0.2) is 54.9 Å². The van der Waals surface area contributed by atoms with Crippen molar-refractivity contribution >= 4 is 5.91 Å². The van der Waals surface area contributed by atoms with Crippen LogP contribution in [0.2, 0.25) is 0 Å². The molecule has 7 heteroatoms. The van der Waals surface area contributed by atoms with E-state index in [1.165, 1.54) is 0 Å². The van der Waals surface area contributed by atoms with E-state index in [2.05, 4.69) is 39.2 Å². The van der Waals surface area contributed by atoms with Crippen LogP contribution < -0.4 is 0 Å². The molecule has 0 unspecified atom stereocenters. The molecule has 2 aromatic rings. The summed E-state index contributed by atoms with van der Waals surface area (Å²) in [6.45, 7) is 4.38. The molecule has 1 amide bonds. The lowest BCUT2D eigenvalue weighted by Crippen LogP contribution is -2.59. The van der Waals surface area contributed by atoms with Gasteiger partial charge in [0.25, 0.3) is 5.91 Å². The minimum absolute atomic E-state index is 0.0669. The van der Waals surface area contributed by atoms with Gasteiger partial charge in [-0.3, -0.25) is 9.69 Å². The Balaban J connectivity index is 1.43. The molecule has 2 aliphatic heterocycles. The Morgan fingerprint density at radius 1 is 1.10 bits per heavy atom. The Bertz CT molecular complexity index is 887. The maximum absolute atomic E-state index is 13.6. The number of carbonyl (C=O) groups excluding carboxylic acids is 1. The number of amides is 1. The summed E-state index contributed by atoms with van der Waals surface area (Å²) in [6.07, 6.45) is 9.20. The van der Waals surface area contributed by atoms with Crippen LogP contribution in [0.1, 0.15) is 23.4 Å². The topological polar surface area (TPSA) is 67.8 Å². The Labute approximate surface area is 183 Å². The first kappa shape index (κ1) is 21.6. The van der Waals surface area contributed by atoms with E-state index in [1.54, 1.807) is 7.11 Å². The summed E-state index contributed by atoms with van der Waals surface area (Å²) >= 11 is 0. The number of rotatable bonds is 7. The summed E-state index contributed by atoms with van der Waals surface area (Å²) in [6, 6.07) is 10.1. The van der Waals surface area contributed by atoms with Crippen molar-refractivity contribution in [3.05, 3.63) is 71.8 Å². The number of hydrogen-bond acceptors (Lipinski definition) is 6. The van der Waals surface area contributed by atoms with Gasteiger partial charge in [-0.05, 0) is 5.56 Å². The molecule has 1 spiro atoms. The zero-order chi connectivity index (χ0) is 21.5. The lowest BCUT2D eigenvalue weighted by molar-refractivity contribution is -0.170. The fraction of sp³-hybridized carbons (Fsp3) is 0.458. The fourth-order valence-corrected chi connectivity index (χ4v) is 4.16. The molecule has 0 radical (unpaired) electrons. The second kappa shape index (κ2) is 10.1. The molecule has 7 nitrogen and oxygen atoms in total. The number of carbonyl (C=O) groups is 1. The third-order valence-corrected chi connectivity index (χ3v) is 5.79. The van der Waals surface area contributed by atoms with Crippen LogP contribution in [0.3, 0.4) is 0 Å². The number of morpholine rings is 1. The SMILES string of the molecule is COCCc1ncc(CN2CCO[C@@]3(CC=CCN(Cc4ccccc4)C3=O)C2)cn1. The molecular formula is C24H30N4O3. The zero-order valence-electron chi connectivity index (χ0n) is 18.1. The molecule has 0 aliphatic carbocycles. The summed E-state index contributed by atoms with van der Waals surface area (Å²) < 4.78 is 11.3. The third-order valence-electron chi connectivity index (χ3n) is 5.79. The first-order chi connectivity index (χ1) is 15.2. The quantitative estimate of drug-likeness (QED) is 0.638.